The maximum atomic E-state index is 12.3. The van der Waals surface area contributed by atoms with Gasteiger partial charge in [0.1, 0.15) is 5.75 Å². The van der Waals surface area contributed by atoms with Crippen molar-refractivity contribution in [3.05, 3.63) is 53.1 Å². The fraction of sp³-hybridized carbons (Fsp3) is 0.435. The molecule has 0 aromatic heterocycles. The first-order chi connectivity index (χ1) is 14.6. The van der Waals surface area contributed by atoms with Gasteiger partial charge < -0.3 is 9.64 Å². The van der Waals surface area contributed by atoms with Crippen LogP contribution in [0.4, 0.5) is 11.4 Å². The summed E-state index contributed by atoms with van der Waals surface area (Å²) in [6.45, 7) is 4.87. The van der Waals surface area contributed by atoms with Gasteiger partial charge in [-0.3, -0.25) is 14.9 Å². The van der Waals surface area contributed by atoms with E-state index in [1.165, 1.54) is 0 Å². The smallest absolute Gasteiger partial charge is 0.258 e. The van der Waals surface area contributed by atoms with Crippen molar-refractivity contribution in [2.45, 2.75) is 25.2 Å². The van der Waals surface area contributed by atoms with Crippen molar-refractivity contribution in [2.75, 3.05) is 49.8 Å². The van der Waals surface area contributed by atoms with Gasteiger partial charge in [0.15, 0.2) is 0 Å². The maximum Gasteiger partial charge on any atom is 0.258 e. The Morgan fingerprint density at radius 2 is 1.83 bits per heavy atom. The van der Waals surface area contributed by atoms with Crippen LogP contribution in [0.25, 0.3) is 0 Å². The predicted molar refractivity (Wildman–Crippen MR) is 119 cm³/mol. The van der Waals surface area contributed by atoms with E-state index in [-0.39, 0.29) is 11.8 Å². The number of hydroxylamine groups is 1. The van der Waals surface area contributed by atoms with Crippen LogP contribution in [0.1, 0.15) is 30.7 Å². The molecule has 2 aromatic carbocycles. The molecule has 0 spiro atoms. The first-order valence-electron chi connectivity index (χ1n) is 10.5. The molecule has 160 valence electrons. The highest BCUT2D eigenvalue weighted by Gasteiger charge is 2.35. The van der Waals surface area contributed by atoms with Crippen LogP contribution in [0, 0.1) is 0 Å². The van der Waals surface area contributed by atoms with Crippen molar-refractivity contribution in [1.29, 1.82) is 0 Å². The number of ether oxygens (including phenoxy) is 1. The predicted octanol–water partition coefficient (Wildman–Crippen LogP) is 4.16. The summed E-state index contributed by atoms with van der Waals surface area (Å²) in [5.74, 6) is 0.422. The molecule has 6 nitrogen and oxygen atoms in total. The van der Waals surface area contributed by atoms with E-state index in [2.05, 4.69) is 9.80 Å². The van der Waals surface area contributed by atoms with Gasteiger partial charge in [0.05, 0.1) is 24.4 Å². The number of hydrogen-bond acceptors (Lipinski definition) is 5. The third-order valence-electron chi connectivity index (χ3n) is 6.12. The average molecular weight is 430 g/mol. The number of rotatable bonds is 7. The zero-order chi connectivity index (χ0) is 21.1. The van der Waals surface area contributed by atoms with Crippen LogP contribution in [0.3, 0.4) is 0 Å². The van der Waals surface area contributed by atoms with Crippen LogP contribution >= 0.6 is 11.6 Å². The van der Waals surface area contributed by atoms with E-state index >= 15 is 0 Å². The van der Waals surface area contributed by atoms with Gasteiger partial charge in [-0.15, -0.1) is 0 Å². The van der Waals surface area contributed by atoms with Gasteiger partial charge in [-0.25, -0.2) is 0 Å². The number of piperazine rings is 1. The normalized spacial score (nSPS) is 19.3. The van der Waals surface area contributed by atoms with E-state index in [1.807, 2.05) is 36.4 Å². The van der Waals surface area contributed by atoms with E-state index in [4.69, 9.17) is 16.3 Å². The summed E-state index contributed by atoms with van der Waals surface area (Å²) in [5, 5.41) is 11.5. The Morgan fingerprint density at radius 1 is 1.07 bits per heavy atom. The molecular formula is C23H28ClN3O3. The first kappa shape index (κ1) is 21.0. The van der Waals surface area contributed by atoms with E-state index < -0.39 is 0 Å². The average Bonchev–Trinajstić information content (AvgIpc) is 3.02. The van der Waals surface area contributed by atoms with Gasteiger partial charge in [-0.05, 0) is 49.2 Å². The minimum absolute atomic E-state index is 0.208. The fourth-order valence-electron chi connectivity index (χ4n) is 4.46. The summed E-state index contributed by atoms with van der Waals surface area (Å²) >= 11 is 6.18. The van der Waals surface area contributed by atoms with Gasteiger partial charge in [0, 0.05) is 31.2 Å². The van der Waals surface area contributed by atoms with E-state index in [9.17, 15) is 10.0 Å². The van der Waals surface area contributed by atoms with Crippen LogP contribution in [0.15, 0.2) is 42.5 Å². The van der Waals surface area contributed by atoms with Crippen LogP contribution in [-0.2, 0) is 4.79 Å². The number of unbranched alkanes of at least 4 members (excludes halogenated alkanes) is 1. The Bertz CT molecular complexity index is 899. The molecule has 0 aliphatic carbocycles. The van der Waals surface area contributed by atoms with Crippen LogP contribution in [0.5, 0.6) is 5.75 Å². The number of hydrogen-bond donors (Lipinski definition) is 1. The number of methoxy groups -OCH3 is 1. The molecule has 2 aromatic rings. The third kappa shape index (κ3) is 4.26. The molecule has 0 bridgehead atoms. The van der Waals surface area contributed by atoms with Crippen LogP contribution < -0.4 is 14.7 Å². The summed E-state index contributed by atoms with van der Waals surface area (Å²) in [6.07, 6.45) is 2.77. The van der Waals surface area contributed by atoms with Crippen molar-refractivity contribution in [1.82, 2.24) is 4.90 Å². The van der Waals surface area contributed by atoms with Crippen molar-refractivity contribution in [3.8, 4) is 5.75 Å². The van der Waals surface area contributed by atoms with Crippen molar-refractivity contribution >= 4 is 28.9 Å². The fourth-order valence-corrected chi connectivity index (χ4v) is 4.63. The molecular weight excluding hydrogens is 402 g/mol. The molecule has 0 radical (unpaired) electrons. The SMILES string of the molecule is COc1ccc(Cl)cc1N1CCN(CCCCC2C(=O)N(O)c3ccccc32)CC1. The maximum absolute atomic E-state index is 12.3. The summed E-state index contributed by atoms with van der Waals surface area (Å²) in [6, 6.07) is 13.2. The molecule has 0 saturated carbocycles. The molecule has 4 rings (SSSR count). The zero-order valence-electron chi connectivity index (χ0n) is 17.3. The molecule has 2 aliphatic rings. The number of carbonyl (C=O) groups is 1. The summed E-state index contributed by atoms with van der Waals surface area (Å²) < 4.78 is 5.49. The Hall–Kier alpha value is -2.28. The Balaban J connectivity index is 1.24. The molecule has 7 heteroatoms. The highest BCUT2D eigenvalue weighted by Crippen LogP contribution is 2.38. The number of para-hydroxylation sites is 1. The van der Waals surface area contributed by atoms with Gasteiger partial charge in [0.2, 0.25) is 0 Å². The number of fused-ring (bicyclic) bond motifs is 1. The highest BCUT2D eigenvalue weighted by atomic mass is 35.5. The summed E-state index contributed by atoms with van der Waals surface area (Å²) in [5.41, 5.74) is 2.62. The molecule has 1 fully saturated rings. The lowest BCUT2D eigenvalue weighted by Gasteiger charge is -2.36. The van der Waals surface area contributed by atoms with Crippen LogP contribution in [-0.4, -0.2) is 55.8 Å². The molecule has 1 atom stereocenters. The number of anilines is 2. The topological polar surface area (TPSA) is 56.2 Å². The highest BCUT2D eigenvalue weighted by molar-refractivity contribution is 6.30. The quantitative estimate of drug-likeness (QED) is 0.529. The third-order valence-corrected chi connectivity index (χ3v) is 6.35. The number of carbonyl (C=O) groups excluding carboxylic acids is 1. The first-order valence-corrected chi connectivity index (χ1v) is 10.9. The van der Waals surface area contributed by atoms with Crippen LogP contribution in [0.2, 0.25) is 5.02 Å². The molecule has 2 aliphatic heterocycles. The number of halogens is 1. The second kappa shape index (κ2) is 9.25. The van der Waals surface area contributed by atoms with Gasteiger partial charge in [0.25, 0.3) is 5.91 Å². The molecule has 1 N–H and O–H groups in total. The number of nitrogens with zero attached hydrogens (tertiary/aromatic N) is 3. The molecule has 1 amide bonds. The Morgan fingerprint density at radius 3 is 2.60 bits per heavy atom. The Labute approximate surface area is 182 Å². The van der Waals surface area contributed by atoms with Crippen molar-refractivity contribution in [2.24, 2.45) is 0 Å². The number of amides is 1. The van der Waals surface area contributed by atoms with Gasteiger partial charge >= 0.3 is 0 Å². The molecule has 30 heavy (non-hydrogen) atoms. The molecule has 2 heterocycles. The molecule has 1 saturated heterocycles. The monoisotopic (exact) mass is 429 g/mol. The lowest BCUT2D eigenvalue weighted by Crippen LogP contribution is -2.46. The minimum Gasteiger partial charge on any atom is -0.495 e. The standard InChI is InChI=1S/C23H28ClN3O3/c1-30-22-10-9-17(24)16-21(22)26-14-12-25(13-15-26)11-5-4-7-19-18-6-2-3-8-20(18)27(29)23(19)28/h2-3,6,8-10,16,19,29H,4-5,7,11-15H2,1H3. The minimum atomic E-state index is -0.224. The summed E-state index contributed by atoms with van der Waals surface area (Å²) in [4.78, 5) is 17.1. The number of benzene rings is 2. The summed E-state index contributed by atoms with van der Waals surface area (Å²) in [7, 11) is 1.69. The molecule has 1 unspecified atom stereocenters. The lowest BCUT2D eigenvalue weighted by molar-refractivity contribution is -0.124. The Kier molecular flexibility index (Phi) is 6.46. The zero-order valence-corrected chi connectivity index (χ0v) is 18.0. The van der Waals surface area contributed by atoms with E-state index in [1.54, 1.807) is 13.2 Å². The lowest BCUT2D eigenvalue weighted by atomic mass is 9.95. The van der Waals surface area contributed by atoms with Gasteiger partial charge in [-0.2, -0.15) is 5.06 Å². The largest absolute Gasteiger partial charge is 0.495 e. The van der Waals surface area contributed by atoms with Crippen molar-refractivity contribution in [3.63, 3.8) is 0 Å². The van der Waals surface area contributed by atoms with E-state index in [0.29, 0.717) is 5.69 Å². The second-order valence-corrected chi connectivity index (χ2v) is 8.34. The second-order valence-electron chi connectivity index (χ2n) is 7.90. The van der Waals surface area contributed by atoms with E-state index in [0.717, 1.165) is 79.1 Å². The van der Waals surface area contributed by atoms with Crippen molar-refractivity contribution < 1.29 is 14.7 Å². The van der Waals surface area contributed by atoms with Gasteiger partial charge in [-0.1, -0.05) is 36.2 Å².